The molecule has 5 rings (SSSR count). The normalized spacial score (nSPS) is 14.1. The summed E-state index contributed by atoms with van der Waals surface area (Å²) in [4.78, 5) is 31.4. The SMILES string of the molecule is O=C(c1ccc([N+](=O)[O-])cc1)N1CCN(c2oc(-c3cccs3)nc2S(=O)(=O)c2ccc(F)cc2)CC1. The van der Waals surface area contributed by atoms with Gasteiger partial charge in [0.2, 0.25) is 26.6 Å². The van der Waals surface area contributed by atoms with Crippen LogP contribution >= 0.6 is 11.3 Å². The lowest BCUT2D eigenvalue weighted by molar-refractivity contribution is -0.384. The zero-order valence-electron chi connectivity index (χ0n) is 19.1. The highest BCUT2D eigenvalue weighted by atomic mass is 32.2. The maximum Gasteiger partial charge on any atom is 0.269 e. The van der Waals surface area contributed by atoms with Crippen LogP contribution in [-0.4, -0.2) is 55.3 Å². The average Bonchev–Trinajstić information content (AvgIpc) is 3.60. The maximum absolute atomic E-state index is 13.4. The number of carbonyl (C=O) groups is 1. The van der Waals surface area contributed by atoms with E-state index in [4.69, 9.17) is 4.42 Å². The molecule has 2 aromatic carbocycles. The molecule has 0 bridgehead atoms. The van der Waals surface area contributed by atoms with Crippen molar-refractivity contribution in [3.05, 3.63) is 87.5 Å². The lowest BCUT2D eigenvalue weighted by Crippen LogP contribution is -2.49. The fourth-order valence-corrected chi connectivity index (χ4v) is 5.90. The number of rotatable bonds is 6. The van der Waals surface area contributed by atoms with Gasteiger partial charge in [-0.1, -0.05) is 6.07 Å². The minimum atomic E-state index is -4.13. The van der Waals surface area contributed by atoms with Gasteiger partial charge in [-0.3, -0.25) is 14.9 Å². The number of nitrogens with zero attached hydrogens (tertiary/aromatic N) is 4. The zero-order valence-corrected chi connectivity index (χ0v) is 20.7. The smallest absolute Gasteiger partial charge is 0.269 e. The minimum absolute atomic E-state index is 0.0511. The molecular weight excluding hydrogens is 523 g/mol. The molecule has 1 amide bonds. The monoisotopic (exact) mass is 542 g/mol. The van der Waals surface area contributed by atoms with Gasteiger partial charge in [0.05, 0.1) is 14.7 Å². The topological polar surface area (TPSA) is 127 Å². The molecule has 190 valence electrons. The molecule has 0 N–H and O–H groups in total. The van der Waals surface area contributed by atoms with Gasteiger partial charge in [0.1, 0.15) is 5.82 Å². The molecule has 3 heterocycles. The average molecular weight is 543 g/mol. The summed E-state index contributed by atoms with van der Waals surface area (Å²) in [7, 11) is -4.13. The van der Waals surface area contributed by atoms with Crippen LogP contribution in [-0.2, 0) is 9.84 Å². The molecule has 1 saturated heterocycles. The van der Waals surface area contributed by atoms with E-state index in [1.165, 1.54) is 47.7 Å². The summed E-state index contributed by atoms with van der Waals surface area (Å²) in [5.74, 6) is -0.650. The number of sulfone groups is 1. The molecule has 13 heteroatoms. The molecule has 0 atom stereocenters. The molecule has 37 heavy (non-hydrogen) atoms. The summed E-state index contributed by atoms with van der Waals surface area (Å²) >= 11 is 1.34. The van der Waals surface area contributed by atoms with Crippen LogP contribution in [0.15, 0.2) is 80.4 Å². The number of thiophene rings is 1. The van der Waals surface area contributed by atoms with Crippen molar-refractivity contribution in [3.8, 4) is 10.8 Å². The van der Waals surface area contributed by atoms with E-state index in [0.717, 1.165) is 12.1 Å². The molecule has 1 fully saturated rings. The highest BCUT2D eigenvalue weighted by Gasteiger charge is 2.34. The second kappa shape index (κ2) is 9.75. The van der Waals surface area contributed by atoms with E-state index in [9.17, 15) is 27.7 Å². The van der Waals surface area contributed by atoms with Crippen LogP contribution in [0, 0.1) is 15.9 Å². The number of piperazine rings is 1. The number of benzene rings is 2. The number of nitro groups is 1. The van der Waals surface area contributed by atoms with Crippen molar-refractivity contribution in [1.82, 2.24) is 9.88 Å². The summed E-state index contributed by atoms with van der Waals surface area (Å²) in [5, 5.41) is 12.4. The first-order valence-corrected chi connectivity index (χ1v) is 13.4. The minimum Gasteiger partial charge on any atom is -0.418 e. The quantitative estimate of drug-likeness (QED) is 0.201. The van der Waals surface area contributed by atoms with Gasteiger partial charge in [-0.15, -0.1) is 11.3 Å². The third-order valence-electron chi connectivity index (χ3n) is 5.87. The Morgan fingerprint density at radius 1 is 1.03 bits per heavy atom. The number of carbonyl (C=O) groups excluding carboxylic acids is 1. The number of halogens is 1. The highest BCUT2D eigenvalue weighted by molar-refractivity contribution is 7.91. The van der Waals surface area contributed by atoms with Crippen molar-refractivity contribution in [2.24, 2.45) is 0 Å². The van der Waals surface area contributed by atoms with Gasteiger partial charge in [0.25, 0.3) is 11.6 Å². The molecule has 0 saturated carbocycles. The zero-order chi connectivity index (χ0) is 26.2. The van der Waals surface area contributed by atoms with Gasteiger partial charge in [0.15, 0.2) is 0 Å². The highest BCUT2D eigenvalue weighted by Crippen LogP contribution is 2.36. The number of oxazole rings is 1. The van der Waals surface area contributed by atoms with E-state index >= 15 is 0 Å². The van der Waals surface area contributed by atoms with Crippen LogP contribution in [0.25, 0.3) is 10.8 Å². The molecule has 0 radical (unpaired) electrons. The van der Waals surface area contributed by atoms with E-state index in [2.05, 4.69) is 4.98 Å². The summed E-state index contributed by atoms with van der Waals surface area (Å²) in [6, 6.07) is 13.4. The van der Waals surface area contributed by atoms with Crippen molar-refractivity contribution < 1.29 is 26.9 Å². The Hall–Kier alpha value is -4.10. The van der Waals surface area contributed by atoms with Gasteiger partial charge < -0.3 is 14.2 Å². The molecule has 10 nitrogen and oxygen atoms in total. The summed E-state index contributed by atoms with van der Waals surface area (Å²) in [5.41, 5.74) is 0.210. The van der Waals surface area contributed by atoms with E-state index in [-0.39, 0.29) is 59.5 Å². The van der Waals surface area contributed by atoms with Crippen LogP contribution in [0.4, 0.5) is 16.0 Å². The molecule has 1 aliphatic rings. The van der Waals surface area contributed by atoms with Crippen LogP contribution in [0.2, 0.25) is 0 Å². The first kappa shape index (κ1) is 24.6. The molecular formula is C24H19FN4O6S2. The van der Waals surface area contributed by atoms with E-state index in [0.29, 0.717) is 10.4 Å². The van der Waals surface area contributed by atoms with Crippen molar-refractivity contribution in [2.75, 3.05) is 31.1 Å². The predicted molar refractivity (Wildman–Crippen MR) is 133 cm³/mol. The number of non-ortho nitro benzene ring substituents is 1. The summed E-state index contributed by atoms with van der Waals surface area (Å²) < 4.78 is 46.3. The first-order chi connectivity index (χ1) is 17.7. The van der Waals surface area contributed by atoms with E-state index in [1.54, 1.807) is 21.9 Å². The van der Waals surface area contributed by atoms with E-state index < -0.39 is 20.6 Å². The Kier molecular flexibility index (Phi) is 6.48. The van der Waals surface area contributed by atoms with E-state index in [1.807, 2.05) is 5.38 Å². The Bertz CT molecular complexity index is 1540. The largest absolute Gasteiger partial charge is 0.418 e. The van der Waals surface area contributed by atoms with Crippen LogP contribution in [0.1, 0.15) is 10.4 Å². The van der Waals surface area contributed by atoms with Gasteiger partial charge in [0, 0.05) is 43.9 Å². The Balaban J connectivity index is 1.41. The molecule has 0 unspecified atom stereocenters. The Labute approximate surface area is 214 Å². The Morgan fingerprint density at radius 3 is 2.30 bits per heavy atom. The maximum atomic E-state index is 13.4. The predicted octanol–water partition coefficient (Wildman–Crippen LogP) is 4.25. The molecule has 0 spiro atoms. The van der Waals surface area contributed by atoms with Gasteiger partial charge >= 0.3 is 0 Å². The van der Waals surface area contributed by atoms with Crippen molar-refractivity contribution in [2.45, 2.75) is 9.92 Å². The lowest BCUT2D eigenvalue weighted by atomic mass is 10.1. The summed E-state index contributed by atoms with van der Waals surface area (Å²) in [6.45, 7) is 1.06. The molecule has 2 aromatic heterocycles. The number of aromatic nitrogens is 1. The molecule has 0 aliphatic carbocycles. The van der Waals surface area contributed by atoms with Crippen LogP contribution < -0.4 is 4.90 Å². The number of hydrogen-bond donors (Lipinski definition) is 0. The second-order valence-corrected chi connectivity index (χ2v) is 11.0. The van der Waals surface area contributed by atoms with Crippen molar-refractivity contribution >= 4 is 38.7 Å². The molecule has 1 aliphatic heterocycles. The van der Waals surface area contributed by atoms with Gasteiger partial charge in [-0.2, -0.15) is 4.98 Å². The summed E-state index contributed by atoms with van der Waals surface area (Å²) in [6.07, 6.45) is 0. The first-order valence-electron chi connectivity index (χ1n) is 11.1. The number of amides is 1. The van der Waals surface area contributed by atoms with Crippen molar-refractivity contribution in [3.63, 3.8) is 0 Å². The molecule has 4 aromatic rings. The second-order valence-electron chi connectivity index (χ2n) is 8.15. The fourth-order valence-electron chi connectivity index (χ4n) is 3.92. The number of nitro benzene ring substituents is 1. The third-order valence-corrected chi connectivity index (χ3v) is 8.39. The number of hydrogen-bond acceptors (Lipinski definition) is 9. The van der Waals surface area contributed by atoms with Gasteiger partial charge in [-0.25, -0.2) is 12.8 Å². The van der Waals surface area contributed by atoms with Crippen molar-refractivity contribution in [1.29, 1.82) is 0 Å². The third kappa shape index (κ3) is 4.82. The lowest BCUT2D eigenvalue weighted by Gasteiger charge is -2.34. The van der Waals surface area contributed by atoms with Gasteiger partial charge in [-0.05, 0) is 47.8 Å². The Morgan fingerprint density at radius 2 is 1.70 bits per heavy atom. The standard InChI is InChI=1S/C24H19FN4O6S2/c25-17-5-9-19(10-6-17)37(33,34)22-24(35-21(26-22)20-2-1-15-36-20)28-13-11-27(12-14-28)23(30)16-3-7-18(8-4-16)29(31)32/h1-10,15H,11-14H2. The van der Waals surface area contributed by atoms with Crippen LogP contribution in [0.3, 0.4) is 0 Å². The fraction of sp³-hybridized carbons (Fsp3) is 0.167. The number of anilines is 1. The van der Waals surface area contributed by atoms with Crippen LogP contribution in [0.5, 0.6) is 0 Å².